The topological polar surface area (TPSA) is 63.1 Å². The van der Waals surface area contributed by atoms with Crippen LogP contribution in [0, 0.1) is 5.82 Å². The third kappa shape index (κ3) is 3.63. The second kappa shape index (κ2) is 6.17. The molecule has 0 saturated carbocycles. The second-order valence-corrected chi connectivity index (χ2v) is 7.14. The summed E-state index contributed by atoms with van der Waals surface area (Å²) in [5.41, 5.74) is 0.719. The Kier molecular flexibility index (Phi) is 4.70. The maximum atomic E-state index is 13.7. The van der Waals surface area contributed by atoms with Crippen molar-refractivity contribution in [3.05, 3.63) is 46.4 Å². The van der Waals surface area contributed by atoms with Crippen LogP contribution in [0.2, 0.25) is 0 Å². The maximum Gasteiger partial charge on any atom is 0.263 e. The smallest absolute Gasteiger partial charge is 0.263 e. The summed E-state index contributed by atoms with van der Waals surface area (Å²) in [5.74, 6) is -0.631. The number of sulfonamides is 1. The first-order valence-corrected chi connectivity index (χ1v) is 8.39. The third-order valence-corrected chi connectivity index (χ3v) is 4.75. The predicted molar refractivity (Wildman–Crippen MR) is 83.1 cm³/mol. The Balaban J connectivity index is 2.34. The molecule has 0 radical (unpaired) electrons. The summed E-state index contributed by atoms with van der Waals surface area (Å²) >= 11 is 3.18. The molecule has 5 nitrogen and oxygen atoms in total. The van der Waals surface area contributed by atoms with Crippen LogP contribution in [0.5, 0.6) is 0 Å². The van der Waals surface area contributed by atoms with Crippen molar-refractivity contribution in [2.45, 2.75) is 11.4 Å². The lowest BCUT2D eigenvalue weighted by Gasteiger charge is -2.07. The van der Waals surface area contributed by atoms with Gasteiger partial charge in [-0.3, -0.25) is 4.72 Å². The molecule has 1 aromatic carbocycles. The van der Waals surface area contributed by atoms with Gasteiger partial charge in [-0.1, -0.05) is 15.9 Å². The normalized spacial score (nSPS) is 11.6. The van der Waals surface area contributed by atoms with Gasteiger partial charge in [0, 0.05) is 30.0 Å². The van der Waals surface area contributed by atoms with E-state index in [9.17, 15) is 12.8 Å². The minimum atomic E-state index is -3.83. The molecule has 2 aromatic rings. The first-order valence-electron chi connectivity index (χ1n) is 6.11. The number of aryl methyl sites for hydroxylation is 1. The lowest BCUT2D eigenvalue weighted by atomic mass is 10.3. The number of halogens is 2. The van der Waals surface area contributed by atoms with E-state index >= 15 is 0 Å². The molecule has 0 spiro atoms. The van der Waals surface area contributed by atoms with Gasteiger partial charge in [-0.25, -0.2) is 12.8 Å². The van der Waals surface area contributed by atoms with Crippen molar-refractivity contribution in [1.29, 1.82) is 0 Å². The standard InChI is InChI=1S/C13H15BrFN3O2S/c1-16-7-10-6-11(8-18(10)2)21(19,20)17-13-5-9(14)3-4-12(13)15/h3-6,8,16-17H,7H2,1-2H3. The van der Waals surface area contributed by atoms with E-state index in [1.165, 1.54) is 24.4 Å². The molecule has 0 aliphatic rings. The van der Waals surface area contributed by atoms with Crippen molar-refractivity contribution in [2.24, 2.45) is 7.05 Å². The summed E-state index contributed by atoms with van der Waals surface area (Å²) in [5, 5.41) is 2.95. The molecule has 0 fully saturated rings. The lowest BCUT2D eigenvalue weighted by Crippen LogP contribution is -2.13. The molecular weight excluding hydrogens is 361 g/mol. The summed E-state index contributed by atoms with van der Waals surface area (Å²) < 4.78 is 42.8. The number of aromatic nitrogens is 1. The van der Waals surface area contributed by atoms with Crippen molar-refractivity contribution >= 4 is 31.6 Å². The molecule has 0 aliphatic carbocycles. The molecular formula is C13H15BrFN3O2S. The van der Waals surface area contributed by atoms with E-state index < -0.39 is 15.8 Å². The zero-order valence-corrected chi connectivity index (χ0v) is 13.9. The van der Waals surface area contributed by atoms with Crippen molar-refractivity contribution in [3.63, 3.8) is 0 Å². The Bertz CT molecular complexity index is 759. The monoisotopic (exact) mass is 375 g/mol. The number of hydrogen-bond donors (Lipinski definition) is 2. The summed E-state index contributed by atoms with van der Waals surface area (Å²) in [7, 11) is -0.303. The van der Waals surface area contributed by atoms with E-state index in [4.69, 9.17) is 0 Å². The fourth-order valence-corrected chi connectivity index (χ4v) is 3.37. The SMILES string of the molecule is CNCc1cc(S(=O)(=O)Nc2cc(Br)ccc2F)cn1C. The molecule has 0 saturated heterocycles. The molecule has 1 aromatic heterocycles. The molecule has 2 N–H and O–H groups in total. The Hall–Kier alpha value is -1.38. The molecule has 2 rings (SSSR count). The van der Waals surface area contributed by atoms with Gasteiger partial charge >= 0.3 is 0 Å². The van der Waals surface area contributed by atoms with Gasteiger partial charge in [0.1, 0.15) is 10.7 Å². The predicted octanol–water partition coefficient (Wildman–Crippen LogP) is 2.45. The van der Waals surface area contributed by atoms with Crippen molar-refractivity contribution in [1.82, 2.24) is 9.88 Å². The summed E-state index contributed by atoms with van der Waals surface area (Å²) in [6.07, 6.45) is 1.49. The van der Waals surface area contributed by atoms with E-state index in [1.807, 2.05) is 0 Å². The first-order chi connectivity index (χ1) is 9.83. The van der Waals surface area contributed by atoms with Gasteiger partial charge in [0.25, 0.3) is 10.0 Å². The molecule has 0 unspecified atom stereocenters. The molecule has 0 bridgehead atoms. The van der Waals surface area contributed by atoms with Crippen LogP contribution in [-0.2, 0) is 23.6 Å². The van der Waals surface area contributed by atoms with Crippen LogP contribution in [0.3, 0.4) is 0 Å². The second-order valence-electron chi connectivity index (χ2n) is 4.54. The number of benzene rings is 1. The van der Waals surface area contributed by atoms with Crippen LogP contribution in [0.15, 0.2) is 39.8 Å². The largest absolute Gasteiger partial charge is 0.352 e. The zero-order chi connectivity index (χ0) is 15.6. The highest BCUT2D eigenvalue weighted by Crippen LogP contribution is 2.23. The van der Waals surface area contributed by atoms with Gasteiger partial charge < -0.3 is 9.88 Å². The molecule has 21 heavy (non-hydrogen) atoms. The molecule has 0 aliphatic heterocycles. The Labute approximate surface area is 131 Å². The average molecular weight is 376 g/mol. The molecule has 114 valence electrons. The van der Waals surface area contributed by atoms with Crippen LogP contribution in [0.1, 0.15) is 5.69 Å². The highest BCUT2D eigenvalue weighted by molar-refractivity contribution is 9.10. The van der Waals surface area contributed by atoms with Gasteiger partial charge in [0.05, 0.1) is 5.69 Å². The molecule has 8 heteroatoms. The minimum absolute atomic E-state index is 0.0922. The first kappa shape index (κ1) is 16.0. The highest BCUT2D eigenvalue weighted by Gasteiger charge is 2.19. The van der Waals surface area contributed by atoms with Gasteiger partial charge in [-0.05, 0) is 31.3 Å². The average Bonchev–Trinajstić information content (AvgIpc) is 2.77. The van der Waals surface area contributed by atoms with Crippen LogP contribution in [0.4, 0.5) is 10.1 Å². The maximum absolute atomic E-state index is 13.7. The van der Waals surface area contributed by atoms with Crippen LogP contribution < -0.4 is 10.0 Å². The fraction of sp³-hybridized carbons (Fsp3) is 0.231. The van der Waals surface area contributed by atoms with Gasteiger partial charge in [0.2, 0.25) is 0 Å². The Morgan fingerprint density at radius 1 is 1.33 bits per heavy atom. The van der Waals surface area contributed by atoms with E-state index in [2.05, 4.69) is 26.0 Å². The summed E-state index contributed by atoms with van der Waals surface area (Å²) in [6, 6.07) is 5.62. The van der Waals surface area contributed by atoms with E-state index in [0.29, 0.717) is 11.0 Å². The van der Waals surface area contributed by atoms with Gasteiger partial charge in [-0.2, -0.15) is 0 Å². The van der Waals surface area contributed by atoms with Gasteiger partial charge in [-0.15, -0.1) is 0 Å². The third-order valence-electron chi connectivity index (χ3n) is 2.92. The lowest BCUT2D eigenvalue weighted by molar-refractivity contribution is 0.598. The van der Waals surface area contributed by atoms with Crippen molar-refractivity contribution < 1.29 is 12.8 Å². The zero-order valence-electron chi connectivity index (χ0n) is 11.5. The van der Waals surface area contributed by atoms with E-state index in [0.717, 1.165) is 5.69 Å². The molecule has 0 amide bonds. The number of rotatable bonds is 5. The van der Waals surface area contributed by atoms with Crippen molar-refractivity contribution in [3.8, 4) is 0 Å². The Morgan fingerprint density at radius 3 is 2.71 bits per heavy atom. The number of nitrogens with one attached hydrogen (secondary N) is 2. The van der Waals surface area contributed by atoms with Crippen LogP contribution >= 0.6 is 15.9 Å². The number of hydrogen-bond acceptors (Lipinski definition) is 3. The molecule has 1 heterocycles. The van der Waals surface area contributed by atoms with Crippen LogP contribution in [-0.4, -0.2) is 20.0 Å². The summed E-state index contributed by atoms with van der Waals surface area (Å²) in [4.78, 5) is 0.0922. The minimum Gasteiger partial charge on any atom is -0.352 e. The quantitative estimate of drug-likeness (QED) is 0.843. The molecule has 0 atom stereocenters. The van der Waals surface area contributed by atoms with E-state index in [-0.39, 0.29) is 10.6 Å². The van der Waals surface area contributed by atoms with Gasteiger partial charge in [0.15, 0.2) is 0 Å². The van der Waals surface area contributed by atoms with Crippen LogP contribution in [0.25, 0.3) is 0 Å². The highest BCUT2D eigenvalue weighted by atomic mass is 79.9. The fourth-order valence-electron chi connectivity index (χ4n) is 1.86. The number of anilines is 1. The van der Waals surface area contributed by atoms with E-state index in [1.54, 1.807) is 24.7 Å². The number of nitrogens with zero attached hydrogens (tertiary/aromatic N) is 1. The summed E-state index contributed by atoms with van der Waals surface area (Å²) in [6.45, 7) is 0.539. The Morgan fingerprint density at radius 2 is 2.05 bits per heavy atom. The van der Waals surface area contributed by atoms with Crippen molar-refractivity contribution in [2.75, 3.05) is 11.8 Å².